The van der Waals surface area contributed by atoms with Crippen molar-refractivity contribution in [1.29, 1.82) is 0 Å². The summed E-state index contributed by atoms with van der Waals surface area (Å²) in [7, 11) is 1.87. The van der Waals surface area contributed by atoms with E-state index in [9.17, 15) is 13.9 Å². The number of fused-ring (bicyclic) bond motifs is 3. The highest BCUT2D eigenvalue weighted by molar-refractivity contribution is 5.87. The number of phenols is 1. The molecule has 4 heterocycles. The molecule has 29 heavy (non-hydrogen) atoms. The van der Waals surface area contributed by atoms with Crippen LogP contribution in [-0.2, 0) is 0 Å². The largest absolute Gasteiger partial charge is 0.507 e. The summed E-state index contributed by atoms with van der Waals surface area (Å²) in [5.74, 6) is -1.91. The van der Waals surface area contributed by atoms with E-state index < -0.39 is 12.0 Å². The Morgan fingerprint density at radius 2 is 2.03 bits per heavy atom. The molecular weight excluding hydrogens is 376 g/mol. The lowest BCUT2D eigenvalue weighted by atomic mass is 9.98. The first-order chi connectivity index (χ1) is 13.9. The van der Waals surface area contributed by atoms with Crippen LogP contribution < -0.4 is 10.2 Å². The van der Waals surface area contributed by atoms with Gasteiger partial charge in [0.25, 0.3) is 5.92 Å². The summed E-state index contributed by atoms with van der Waals surface area (Å²) in [6.45, 7) is 0. The Morgan fingerprint density at radius 3 is 2.79 bits per heavy atom. The van der Waals surface area contributed by atoms with E-state index in [0.717, 1.165) is 10.9 Å². The zero-order valence-corrected chi connectivity index (χ0v) is 15.9. The SMILES string of the molecule is CN(c1ccc(-c2cc3ncccc3cc2O)nn1)[C@H]1C[C@@H]2CC(F)(F)[C@@H](C1)N2. The Balaban J connectivity index is 1.39. The molecule has 8 heteroatoms. The molecule has 1 aromatic carbocycles. The number of piperidine rings is 1. The van der Waals surface area contributed by atoms with Crippen LogP contribution in [0.4, 0.5) is 14.6 Å². The molecule has 2 N–H and O–H groups in total. The maximum atomic E-state index is 14.0. The molecule has 0 radical (unpaired) electrons. The van der Waals surface area contributed by atoms with E-state index in [1.54, 1.807) is 24.4 Å². The number of alkyl halides is 2. The number of hydrogen-bond donors (Lipinski definition) is 2. The number of hydrogen-bond acceptors (Lipinski definition) is 6. The molecule has 6 nitrogen and oxygen atoms in total. The smallest absolute Gasteiger partial charge is 0.264 e. The fourth-order valence-electron chi connectivity index (χ4n) is 4.50. The molecule has 2 bridgehead atoms. The van der Waals surface area contributed by atoms with Crippen molar-refractivity contribution in [2.75, 3.05) is 11.9 Å². The number of aromatic nitrogens is 3. The Morgan fingerprint density at radius 1 is 1.17 bits per heavy atom. The first kappa shape index (κ1) is 18.2. The van der Waals surface area contributed by atoms with Gasteiger partial charge in [-0.25, -0.2) is 8.78 Å². The number of pyridine rings is 1. The van der Waals surface area contributed by atoms with Crippen LogP contribution in [0.25, 0.3) is 22.2 Å². The van der Waals surface area contributed by atoms with Crippen LogP contribution in [-0.4, -0.2) is 51.4 Å². The summed E-state index contributed by atoms with van der Waals surface area (Å²) >= 11 is 0. The van der Waals surface area contributed by atoms with Gasteiger partial charge in [0.15, 0.2) is 5.82 Å². The lowest BCUT2D eigenvalue weighted by Gasteiger charge is -2.36. The van der Waals surface area contributed by atoms with Crippen LogP contribution in [0.5, 0.6) is 5.75 Å². The predicted octanol–water partition coefficient (Wildman–Crippen LogP) is 3.36. The van der Waals surface area contributed by atoms with Crippen molar-refractivity contribution < 1.29 is 13.9 Å². The molecule has 3 aromatic rings. The van der Waals surface area contributed by atoms with Gasteiger partial charge < -0.3 is 15.3 Å². The van der Waals surface area contributed by atoms with Gasteiger partial charge in [-0.05, 0) is 43.2 Å². The number of phenolic OH excluding ortho intramolecular Hbond substituents is 1. The van der Waals surface area contributed by atoms with E-state index in [4.69, 9.17) is 0 Å². The quantitative estimate of drug-likeness (QED) is 0.706. The summed E-state index contributed by atoms with van der Waals surface area (Å²) in [5, 5.41) is 22.8. The molecule has 2 aromatic heterocycles. The van der Waals surface area contributed by atoms with Gasteiger partial charge in [0.2, 0.25) is 0 Å². The van der Waals surface area contributed by atoms with Gasteiger partial charge in [0.05, 0.1) is 17.3 Å². The van der Waals surface area contributed by atoms with Crippen molar-refractivity contribution in [2.45, 2.75) is 43.3 Å². The fraction of sp³-hybridized carbons (Fsp3) is 0.381. The number of halogens is 2. The van der Waals surface area contributed by atoms with Crippen molar-refractivity contribution in [3.63, 3.8) is 0 Å². The van der Waals surface area contributed by atoms with Crippen molar-refractivity contribution >= 4 is 16.7 Å². The molecule has 150 valence electrons. The van der Waals surface area contributed by atoms with Crippen molar-refractivity contribution in [3.05, 3.63) is 42.6 Å². The number of benzene rings is 1. The van der Waals surface area contributed by atoms with Crippen molar-refractivity contribution in [3.8, 4) is 17.0 Å². The predicted molar refractivity (Wildman–Crippen MR) is 106 cm³/mol. The topological polar surface area (TPSA) is 74.2 Å². The number of nitrogens with zero attached hydrogens (tertiary/aromatic N) is 4. The molecule has 3 atom stereocenters. The van der Waals surface area contributed by atoms with Crippen LogP contribution in [0.2, 0.25) is 0 Å². The minimum absolute atomic E-state index is 0.0157. The fourth-order valence-corrected chi connectivity index (χ4v) is 4.50. The van der Waals surface area contributed by atoms with E-state index in [-0.39, 0.29) is 24.3 Å². The van der Waals surface area contributed by atoms with Crippen LogP contribution in [0.15, 0.2) is 42.6 Å². The number of aromatic hydroxyl groups is 1. The lowest BCUT2D eigenvalue weighted by Crippen LogP contribution is -2.49. The molecular formula is C21H21F2N5O. The van der Waals surface area contributed by atoms with Crippen molar-refractivity contribution in [1.82, 2.24) is 20.5 Å². The highest BCUT2D eigenvalue weighted by Crippen LogP contribution is 2.40. The molecule has 2 aliphatic heterocycles. The van der Waals surface area contributed by atoms with E-state index in [1.807, 2.05) is 30.1 Å². The second kappa shape index (κ2) is 6.59. The second-order valence-electron chi connectivity index (χ2n) is 7.96. The lowest BCUT2D eigenvalue weighted by molar-refractivity contribution is -0.0128. The van der Waals surface area contributed by atoms with Crippen LogP contribution in [0.1, 0.15) is 19.3 Å². The van der Waals surface area contributed by atoms with Gasteiger partial charge in [-0.3, -0.25) is 4.98 Å². The summed E-state index contributed by atoms with van der Waals surface area (Å²) in [6.07, 6.45) is 2.63. The van der Waals surface area contributed by atoms with E-state index >= 15 is 0 Å². The average Bonchev–Trinajstić information content (AvgIpc) is 2.93. The first-order valence-electron chi connectivity index (χ1n) is 9.69. The molecule has 0 spiro atoms. The third-order valence-electron chi connectivity index (χ3n) is 6.09. The first-order valence-corrected chi connectivity index (χ1v) is 9.69. The van der Waals surface area contributed by atoms with Gasteiger partial charge >= 0.3 is 0 Å². The van der Waals surface area contributed by atoms with E-state index in [1.165, 1.54) is 0 Å². The van der Waals surface area contributed by atoms with Crippen molar-refractivity contribution in [2.24, 2.45) is 0 Å². The second-order valence-corrected chi connectivity index (χ2v) is 7.96. The van der Waals surface area contributed by atoms with Crippen LogP contribution >= 0.6 is 0 Å². The van der Waals surface area contributed by atoms with Crippen LogP contribution in [0, 0.1) is 0 Å². The summed E-state index contributed by atoms with van der Waals surface area (Å²) < 4.78 is 28.0. The minimum Gasteiger partial charge on any atom is -0.507 e. The Kier molecular flexibility index (Phi) is 4.13. The Bertz CT molecular complexity index is 1060. The van der Waals surface area contributed by atoms with Gasteiger partial charge in [0, 0.05) is 42.7 Å². The molecule has 0 unspecified atom stereocenters. The third kappa shape index (κ3) is 3.17. The minimum atomic E-state index is -2.64. The maximum absolute atomic E-state index is 14.0. The number of rotatable bonds is 3. The third-order valence-corrected chi connectivity index (χ3v) is 6.09. The summed E-state index contributed by atoms with van der Waals surface area (Å²) in [6, 6.07) is 9.78. The van der Waals surface area contributed by atoms with Gasteiger partial charge in [-0.1, -0.05) is 6.07 Å². The summed E-state index contributed by atoms with van der Waals surface area (Å²) in [4.78, 5) is 6.24. The highest BCUT2D eigenvalue weighted by atomic mass is 19.3. The average molecular weight is 397 g/mol. The molecule has 2 fully saturated rings. The summed E-state index contributed by atoms with van der Waals surface area (Å²) in [5.41, 5.74) is 1.84. The Labute approximate surface area is 166 Å². The number of anilines is 1. The normalized spacial score (nSPS) is 25.3. The monoisotopic (exact) mass is 397 g/mol. The maximum Gasteiger partial charge on any atom is 0.264 e. The van der Waals surface area contributed by atoms with Gasteiger partial charge in [0.1, 0.15) is 5.75 Å². The zero-order chi connectivity index (χ0) is 20.2. The molecule has 0 amide bonds. The Hall–Kier alpha value is -2.87. The molecule has 5 rings (SSSR count). The standard InChI is InChI=1S/C21H21F2N5O/c1-28(14-8-13-11-21(22,23)19(9-14)25-13)20-5-4-16(26-27-20)15-10-17-12(7-18(15)29)3-2-6-24-17/h2-7,10,13-14,19,25,29H,8-9,11H2,1H3/t13-,14+,19-/m1/s1. The van der Waals surface area contributed by atoms with Gasteiger partial charge in [-0.15, -0.1) is 10.2 Å². The molecule has 2 aliphatic rings. The highest BCUT2D eigenvalue weighted by Gasteiger charge is 2.53. The molecule has 2 saturated heterocycles. The zero-order valence-electron chi connectivity index (χ0n) is 15.9. The molecule has 0 saturated carbocycles. The van der Waals surface area contributed by atoms with Gasteiger partial charge in [-0.2, -0.15) is 0 Å². The number of nitrogens with one attached hydrogen (secondary N) is 1. The van der Waals surface area contributed by atoms with Crippen LogP contribution in [0.3, 0.4) is 0 Å². The molecule has 0 aliphatic carbocycles. The van der Waals surface area contributed by atoms with E-state index in [0.29, 0.717) is 29.9 Å². The van der Waals surface area contributed by atoms with E-state index in [2.05, 4.69) is 20.5 Å².